The van der Waals surface area contributed by atoms with Crippen LogP contribution >= 0.6 is 0 Å². The van der Waals surface area contributed by atoms with Crippen LogP contribution in [0, 0.1) is 56.2 Å². The lowest BCUT2D eigenvalue weighted by Crippen LogP contribution is -2.70. The Kier molecular flexibility index (Phi) is 5.34. The van der Waals surface area contributed by atoms with Gasteiger partial charge in [0.25, 0.3) is 0 Å². The molecule has 4 heteroatoms. The largest absolute Gasteiger partial charge is 0.481 e. The first-order valence-corrected chi connectivity index (χ1v) is 14.1. The van der Waals surface area contributed by atoms with Crippen LogP contribution in [0.1, 0.15) is 113 Å². The van der Waals surface area contributed by atoms with E-state index in [4.69, 9.17) is 0 Å². The molecule has 194 valence electrons. The maximum Gasteiger partial charge on any atom is 0.309 e. The average Bonchev–Trinajstić information content (AvgIpc) is 2.73. The van der Waals surface area contributed by atoms with Gasteiger partial charge in [0, 0.05) is 0 Å². The van der Waals surface area contributed by atoms with Gasteiger partial charge in [-0.15, -0.1) is 0 Å². The fourth-order valence-corrected chi connectivity index (χ4v) is 11.4. The lowest BCUT2D eigenvalue weighted by molar-refractivity contribution is -0.281. The molecule has 5 aliphatic carbocycles. The van der Waals surface area contributed by atoms with E-state index in [1.165, 1.54) is 12.8 Å². The molecule has 5 aliphatic rings. The number of hydrogen-bond acceptors (Lipinski definition) is 3. The Morgan fingerprint density at radius 1 is 0.765 bits per heavy atom. The van der Waals surface area contributed by atoms with Gasteiger partial charge in [0.1, 0.15) is 0 Å². The molecule has 4 nitrogen and oxygen atoms in total. The van der Waals surface area contributed by atoms with Gasteiger partial charge in [-0.1, -0.05) is 41.5 Å². The van der Waals surface area contributed by atoms with Crippen molar-refractivity contribution in [2.24, 2.45) is 56.2 Å². The van der Waals surface area contributed by atoms with Crippen molar-refractivity contribution in [3.05, 3.63) is 0 Å². The first kappa shape index (κ1) is 25.1. The summed E-state index contributed by atoms with van der Waals surface area (Å²) in [4.78, 5) is 12.3. The van der Waals surface area contributed by atoms with Gasteiger partial charge in [0.05, 0.1) is 17.6 Å². The number of hydrogen-bond donors (Lipinski definition) is 3. The van der Waals surface area contributed by atoms with E-state index in [0.717, 1.165) is 51.4 Å². The van der Waals surface area contributed by atoms with Crippen molar-refractivity contribution in [1.82, 2.24) is 0 Å². The number of rotatable bonds is 1. The molecule has 2 unspecified atom stereocenters. The standard InChI is InChI=1S/C30H50O4/c1-25(2)21-8-11-30(7)23(28(21,5)10-9-22(25)32)20(31)16-18-19-17-27(4,24(33)34)13-12-26(19,3)14-15-29(18,30)6/h18-23,31-32H,8-17H2,1-7H3,(H,33,34)/t18?,19-,20-,21?,22-,23+,26+,27-,28-,29+,30+/m0/s1. The normalized spacial score (nSPS) is 58.6. The number of carboxylic acid groups (broad SMARTS) is 1. The molecule has 5 saturated carbocycles. The van der Waals surface area contributed by atoms with Crippen LogP contribution in [0.2, 0.25) is 0 Å². The monoisotopic (exact) mass is 474 g/mol. The Bertz CT molecular complexity index is 868. The third-order valence-corrected chi connectivity index (χ3v) is 13.9. The fraction of sp³-hybridized carbons (Fsp3) is 0.967. The zero-order valence-corrected chi connectivity index (χ0v) is 22.8. The number of carboxylic acids is 1. The molecule has 0 aromatic heterocycles. The zero-order chi connectivity index (χ0) is 25.1. The second-order valence-corrected chi connectivity index (χ2v) is 15.5. The summed E-state index contributed by atoms with van der Waals surface area (Å²) in [6, 6.07) is 0. The van der Waals surface area contributed by atoms with Crippen molar-refractivity contribution in [2.75, 3.05) is 0 Å². The van der Waals surface area contributed by atoms with Crippen molar-refractivity contribution in [3.8, 4) is 0 Å². The summed E-state index contributed by atoms with van der Waals surface area (Å²) in [6.45, 7) is 16.3. The maximum absolute atomic E-state index is 12.3. The predicted octanol–water partition coefficient (Wildman–Crippen LogP) is 6.28. The summed E-state index contributed by atoms with van der Waals surface area (Å²) in [6.07, 6.45) is 9.18. The smallest absolute Gasteiger partial charge is 0.309 e. The van der Waals surface area contributed by atoms with E-state index in [-0.39, 0.29) is 45.2 Å². The summed E-state index contributed by atoms with van der Waals surface area (Å²) < 4.78 is 0. The van der Waals surface area contributed by atoms with Gasteiger partial charge in [0.15, 0.2) is 0 Å². The highest BCUT2D eigenvalue weighted by atomic mass is 16.4. The first-order valence-electron chi connectivity index (χ1n) is 14.1. The highest BCUT2D eigenvalue weighted by molar-refractivity contribution is 5.74. The number of aliphatic hydroxyl groups is 2. The van der Waals surface area contributed by atoms with Gasteiger partial charge < -0.3 is 15.3 Å². The minimum atomic E-state index is -0.641. The molecule has 0 aliphatic heterocycles. The second kappa shape index (κ2) is 7.24. The van der Waals surface area contributed by atoms with Gasteiger partial charge in [0.2, 0.25) is 0 Å². The molecule has 0 spiro atoms. The van der Waals surface area contributed by atoms with E-state index in [9.17, 15) is 20.1 Å². The van der Waals surface area contributed by atoms with Crippen molar-refractivity contribution in [1.29, 1.82) is 0 Å². The average molecular weight is 475 g/mol. The van der Waals surface area contributed by atoms with Crippen molar-refractivity contribution < 1.29 is 20.1 Å². The van der Waals surface area contributed by atoms with Gasteiger partial charge in [-0.2, -0.15) is 0 Å². The highest BCUT2D eigenvalue weighted by Gasteiger charge is 2.71. The van der Waals surface area contributed by atoms with Crippen LogP contribution in [-0.2, 0) is 4.79 Å². The van der Waals surface area contributed by atoms with E-state index in [0.29, 0.717) is 17.8 Å². The molecule has 0 heterocycles. The molecule has 5 rings (SSSR count). The van der Waals surface area contributed by atoms with Crippen LogP contribution < -0.4 is 0 Å². The third-order valence-electron chi connectivity index (χ3n) is 13.9. The Morgan fingerprint density at radius 2 is 1.41 bits per heavy atom. The molecule has 0 bridgehead atoms. The van der Waals surface area contributed by atoms with Crippen molar-refractivity contribution in [3.63, 3.8) is 0 Å². The Hall–Kier alpha value is -0.610. The molecule has 0 aromatic rings. The van der Waals surface area contributed by atoms with E-state index in [2.05, 4.69) is 41.5 Å². The first-order chi connectivity index (χ1) is 15.6. The molecule has 5 fully saturated rings. The number of carbonyl (C=O) groups is 1. The second-order valence-electron chi connectivity index (χ2n) is 15.5. The summed E-state index contributed by atoms with van der Waals surface area (Å²) in [7, 11) is 0. The van der Waals surface area contributed by atoms with E-state index in [1.807, 2.05) is 6.92 Å². The van der Waals surface area contributed by atoms with Gasteiger partial charge in [-0.25, -0.2) is 0 Å². The van der Waals surface area contributed by atoms with Gasteiger partial charge in [-0.3, -0.25) is 4.79 Å². The minimum absolute atomic E-state index is 0.0338. The SMILES string of the molecule is CC1(C)C2CC[C@]3(C)[C@H]([C@@H](O)CC4[C@@H]5C[C@@](C)(C(=O)O)CC[C@]5(C)CC[C@]43C)[C@@]2(C)CC[C@@H]1O. The molecular formula is C30H50O4. The third kappa shape index (κ3) is 2.93. The van der Waals surface area contributed by atoms with Crippen LogP contribution in [-0.4, -0.2) is 33.5 Å². The molecule has 0 radical (unpaired) electrons. The number of fused-ring (bicyclic) bond motifs is 7. The number of aliphatic carboxylic acids is 1. The molecule has 0 saturated heterocycles. The molecule has 11 atom stereocenters. The lowest BCUT2D eigenvalue weighted by atomic mass is 9.31. The van der Waals surface area contributed by atoms with Crippen LogP contribution in [0.15, 0.2) is 0 Å². The Morgan fingerprint density at radius 3 is 2.06 bits per heavy atom. The zero-order valence-electron chi connectivity index (χ0n) is 22.8. The van der Waals surface area contributed by atoms with Crippen LogP contribution in [0.25, 0.3) is 0 Å². The van der Waals surface area contributed by atoms with Gasteiger partial charge in [-0.05, 0) is 122 Å². The quantitative estimate of drug-likeness (QED) is 0.418. The molecule has 34 heavy (non-hydrogen) atoms. The lowest BCUT2D eigenvalue weighted by Gasteiger charge is -2.74. The highest BCUT2D eigenvalue weighted by Crippen LogP contribution is 2.76. The summed E-state index contributed by atoms with van der Waals surface area (Å²) in [5, 5.41) is 33.0. The predicted molar refractivity (Wildman–Crippen MR) is 134 cm³/mol. The summed E-state index contributed by atoms with van der Waals surface area (Å²) in [5.41, 5.74) is -0.378. The van der Waals surface area contributed by atoms with Crippen LogP contribution in [0.3, 0.4) is 0 Å². The topological polar surface area (TPSA) is 77.8 Å². The van der Waals surface area contributed by atoms with E-state index < -0.39 is 11.4 Å². The van der Waals surface area contributed by atoms with Crippen molar-refractivity contribution in [2.45, 2.75) is 125 Å². The van der Waals surface area contributed by atoms with E-state index in [1.54, 1.807) is 0 Å². The molecular weight excluding hydrogens is 424 g/mol. The molecule has 3 N–H and O–H groups in total. The van der Waals surface area contributed by atoms with Crippen LogP contribution in [0.4, 0.5) is 0 Å². The minimum Gasteiger partial charge on any atom is -0.481 e. The summed E-state index contributed by atoms with van der Waals surface area (Å²) in [5.74, 6) is 0.770. The van der Waals surface area contributed by atoms with E-state index >= 15 is 0 Å². The molecule has 0 amide bonds. The van der Waals surface area contributed by atoms with Crippen LogP contribution in [0.5, 0.6) is 0 Å². The van der Waals surface area contributed by atoms with Gasteiger partial charge >= 0.3 is 5.97 Å². The Balaban J connectivity index is 1.56. The Labute approximate surface area is 207 Å². The molecule has 0 aromatic carbocycles. The summed E-state index contributed by atoms with van der Waals surface area (Å²) >= 11 is 0. The fourth-order valence-electron chi connectivity index (χ4n) is 11.4. The van der Waals surface area contributed by atoms with Crippen molar-refractivity contribution >= 4 is 5.97 Å². The maximum atomic E-state index is 12.3. The number of aliphatic hydroxyl groups excluding tert-OH is 2.